The molecule has 1 aliphatic heterocycles. The molecule has 0 atom stereocenters. The van der Waals surface area contributed by atoms with Crippen molar-refractivity contribution in [1.29, 1.82) is 0 Å². The van der Waals surface area contributed by atoms with Crippen LogP contribution in [0.5, 0.6) is 0 Å². The molecule has 17 heavy (non-hydrogen) atoms. The van der Waals surface area contributed by atoms with Crippen molar-refractivity contribution in [1.82, 2.24) is 19.1 Å². The number of imidazole rings is 2. The molecule has 0 spiro atoms. The van der Waals surface area contributed by atoms with E-state index < -0.39 is 0 Å². The molecular weight excluding hydrogens is 212 g/mol. The summed E-state index contributed by atoms with van der Waals surface area (Å²) in [5.41, 5.74) is 3.51. The molecule has 0 saturated carbocycles. The van der Waals surface area contributed by atoms with Gasteiger partial charge in [0.25, 0.3) is 0 Å². The van der Waals surface area contributed by atoms with Crippen LogP contribution in [0.2, 0.25) is 0 Å². The summed E-state index contributed by atoms with van der Waals surface area (Å²) >= 11 is 0. The standard InChI is InChI=1S/C13H10N4/c1-2-4-11-10(3-1)8-16-6-5-15-13(16)12-7-14-9-17(11)12/h1-7,9H,8H2. The fourth-order valence-corrected chi connectivity index (χ4v) is 2.39. The number of hydrogen-bond donors (Lipinski definition) is 0. The number of nitrogens with zero attached hydrogens (tertiary/aromatic N) is 4. The van der Waals surface area contributed by atoms with Gasteiger partial charge in [-0.2, -0.15) is 0 Å². The third kappa shape index (κ3) is 1.12. The third-order valence-electron chi connectivity index (χ3n) is 3.17. The molecule has 4 nitrogen and oxygen atoms in total. The van der Waals surface area contributed by atoms with Gasteiger partial charge in [0.05, 0.1) is 24.8 Å². The van der Waals surface area contributed by atoms with Crippen molar-refractivity contribution < 1.29 is 0 Å². The quantitative estimate of drug-likeness (QED) is 0.456. The molecule has 0 N–H and O–H groups in total. The van der Waals surface area contributed by atoms with E-state index in [1.165, 1.54) is 11.3 Å². The van der Waals surface area contributed by atoms with Crippen LogP contribution in [0.15, 0.2) is 49.2 Å². The number of benzene rings is 1. The zero-order valence-electron chi connectivity index (χ0n) is 9.11. The highest BCUT2D eigenvalue weighted by Crippen LogP contribution is 2.28. The number of hydrogen-bond acceptors (Lipinski definition) is 2. The molecule has 0 unspecified atom stereocenters. The normalized spacial score (nSPS) is 12.5. The average molecular weight is 222 g/mol. The van der Waals surface area contributed by atoms with Gasteiger partial charge in [0.1, 0.15) is 5.69 Å². The van der Waals surface area contributed by atoms with Crippen LogP contribution in [0.1, 0.15) is 5.56 Å². The highest BCUT2D eigenvalue weighted by atomic mass is 15.2. The Balaban J connectivity index is 2.12. The zero-order valence-corrected chi connectivity index (χ0v) is 9.11. The van der Waals surface area contributed by atoms with E-state index in [-0.39, 0.29) is 0 Å². The first-order valence-electron chi connectivity index (χ1n) is 5.55. The van der Waals surface area contributed by atoms with Gasteiger partial charge in [0.2, 0.25) is 0 Å². The van der Waals surface area contributed by atoms with Crippen molar-refractivity contribution in [2.24, 2.45) is 0 Å². The lowest BCUT2D eigenvalue weighted by molar-refractivity contribution is 0.813. The first-order chi connectivity index (χ1) is 8.43. The summed E-state index contributed by atoms with van der Waals surface area (Å²) < 4.78 is 4.25. The molecule has 82 valence electrons. The van der Waals surface area contributed by atoms with Gasteiger partial charge < -0.3 is 4.57 Å². The van der Waals surface area contributed by atoms with E-state index in [9.17, 15) is 0 Å². The summed E-state index contributed by atoms with van der Waals surface area (Å²) in [5, 5.41) is 0. The van der Waals surface area contributed by atoms with Crippen LogP contribution >= 0.6 is 0 Å². The van der Waals surface area contributed by atoms with Crippen LogP contribution < -0.4 is 0 Å². The summed E-state index contributed by atoms with van der Waals surface area (Å²) in [6.07, 6.45) is 7.55. The summed E-state index contributed by atoms with van der Waals surface area (Å²) in [7, 11) is 0. The van der Waals surface area contributed by atoms with Crippen LogP contribution in [0.3, 0.4) is 0 Å². The largest absolute Gasteiger partial charge is 0.325 e. The van der Waals surface area contributed by atoms with Crippen molar-refractivity contribution >= 4 is 0 Å². The van der Waals surface area contributed by atoms with Gasteiger partial charge in [0, 0.05) is 12.4 Å². The van der Waals surface area contributed by atoms with Crippen molar-refractivity contribution in [2.75, 3.05) is 0 Å². The van der Waals surface area contributed by atoms with Crippen LogP contribution in [-0.2, 0) is 6.54 Å². The van der Waals surface area contributed by atoms with E-state index >= 15 is 0 Å². The number of para-hydroxylation sites is 1. The molecule has 3 heterocycles. The van der Waals surface area contributed by atoms with Crippen molar-refractivity contribution in [3.05, 3.63) is 54.7 Å². The van der Waals surface area contributed by atoms with Crippen LogP contribution in [0.4, 0.5) is 0 Å². The second-order valence-corrected chi connectivity index (χ2v) is 4.16. The summed E-state index contributed by atoms with van der Waals surface area (Å²) in [6, 6.07) is 8.38. The molecule has 4 rings (SSSR count). The van der Waals surface area contributed by atoms with Gasteiger partial charge in [-0.25, -0.2) is 9.97 Å². The lowest BCUT2D eigenvalue weighted by Gasteiger charge is -2.07. The van der Waals surface area contributed by atoms with Gasteiger partial charge in [0.15, 0.2) is 5.82 Å². The van der Waals surface area contributed by atoms with Gasteiger partial charge in [-0.1, -0.05) is 18.2 Å². The minimum absolute atomic E-state index is 0.854. The maximum Gasteiger partial charge on any atom is 0.158 e. The maximum absolute atomic E-state index is 4.42. The summed E-state index contributed by atoms with van der Waals surface area (Å²) in [5.74, 6) is 0.971. The molecule has 4 heteroatoms. The molecular formula is C13H10N4. The maximum atomic E-state index is 4.42. The lowest BCUT2D eigenvalue weighted by Crippen LogP contribution is -1.99. The molecule has 0 amide bonds. The Morgan fingerprint density at radius 1 is 1.18 bits per heavy atom. The van der Waals surface area contributed by atoms with Crippen molar-refractivity contribution in [3.8, 4) is 17.2 Å². The molecule has 0 saturated heterocycles. The Kier molecular flexibility index (Phi) is 1.58. The molecule has 2 aromatic heterocycles. The van der Waals surface area contributed by atoms with Gasteiger partial charge >= 0.3 is 0 Å². The smallest absolute Gasteiger partial charge is 0.158 e. The fourth-order valence-electron chi connectivity index (χ4n) is 2.39. The Hall–Kier alpha value is -2.36. The van der Waals surface area contributed by atoms with E-state index in [2.05, 4.69) is 43.4 Å². The number of fused-ring (bicyclic) bond motifs is 5. The van der Waals surface area contributed by atoms with E-state index in [1.54, 1.807) is 0 Å². The Labute approximate surface area is 98.2 Å². The molecule has 0 aliphatic carbocycles. The first-order valence-corrected chi connectivity index (χ1v) is 5.55. The fraction of sp³-hybridized carbons (Fsp3) is 0.0769. The minimum Gasteiger partial charge on any atom is -0.325 e. The van der Waals surface area contributed by atoms with E-state index in [0.717, 1.165) is 18.1 Å². The molecule has 3 aromatic rings. The Bertz CT molecular complexity index is 693. The molecule has 0 bridgehead atoms. The number of aromatic nitrogens is 4. The second-order valence-electron chi connectivity index (χ2n) is 4.16. The molecule has 0 radical (unpaired) electrons. The molecule has 1 aromatic carbocycles. The monoisotopic (exact) mass is 222 g/mol. The lowest BCUT2D eigenvalue weighted by atomic mass is 10.2. The number of rotatable bonds is 0. The topological polar surface area (TPSA) is 35.6 Å². The van der Waals surface area contributed by atoms with Crippen LogP contribution in [-0.4, -0.2) is 19.1 Å². The first kappa shape index (κ1) is 8.75. The highest BCUT2D eigenvalue weighted by molar-refractivity contribution is 5.58. The Morgan fingerprint density at radius 3 is 3.12 bits per heavy atom. The third-order valence-corrected chi connectivity index (χ3v) is 3.17. The molecule has 0 fully saturated rings. The molecule has 1 aliphatic rings. The van der Waals surface area contributed by atoms with Crippen LogP contribution in [0.25, 0.3) is 17.2 Å². The zero-order chi connectivity index (χ0) is 11.2. The summed E-state index contributed by atoms with van der Waals surface area (Å²) in [4.78, 5) is 8.65. The van der Waals surface area contributed by atoms with Gasteiger partial charge in [-0.05, 0) is 11.6 Å². The van der Waals surface area contributed by atoms with Crippen molar-refractivity contribution in [2.45, 2.75) is 6.54 Å². The SMILES string of the molecule is c1ccc2c(c1)Cn1ccnc1-c1cncn1-2. The second kappa shape index (κ2) is 3.07. The van der Waals surface area contributed by atoms with E-state index in [4.69, 9.17) is 0 Å². The minimum atomic E-state index is 0.854. The predicted molar refractivity (Wildman–Crippen MR) is 63.9 cm³/mol. The van der Waals surface area contributed by atoms with Crippen LogP contribution in [0, 0.1) is 0 Å². The Morgan fingerprint density at radius 2 is 2.12 bits per heavy atom. The van der Waals surface area contributed by atoms with Crippen molar-refractivity contribution in [3.63, 3.8) is 0 Å². The average Bonchev–Trinajstić information content (AvgIpc) is 2.96. The predicted octanol–water partition coefficient (Wildman–Crippen LogP) is 2.10. The van der Waals surface area contributed by atoms with E-state index in [1.807, 2.05) is 24.9 Å². The summed E-state index contributed by atoms with van der Waals surface area (Å²) in [6.45, 7) is 0.854. The highest BCUT2D eigenvalue weighted by Gasteiger charge is 2.18. The van der Waals surface area contributed by atoms with E-state index in [0.29, 0.717) is 0 Å². The van der Waals surface area contributed by atoms with Gasteiger partial charge in [-0.15, -0.1) is 0 Å². The van der Waals surface area contributed by atoms with Gasteiger partial charge in [-0.3, -0.25) is 4.57 Å².